The number of thiophene rings is 1. The first kappa shape index (κ1) is 36.3. The zero-order valence-electron chi connectivity index (χ0n) is 34.3. The van der Waals surface area contributed by atoms with Gasteiger partial charge in [0.2, 0.25) is 0 Å². The van der Waals surface area contributed by atoms with Gasteiger partial charge < -0.3 is 4.74 Å². The first-order valence-corrected chi connectivity index (χ1v) is 23.8. The van der Waals surface area contributed by atoms with Crippen LogP contribution in [0.1, 0.15) is 22.3 Å². The number of fused-ring (bicyclic) bond motifs is 13. The zero-order valence-corrected chi connectivity index (χ0v) is 36.7. The van der Waals surface area contributed by atoms with E-state index >= 15 is 0 Å². The topological polar surface area (TPSA) is 47.9 Å². The van der Waals surface area contributed by atoms with Crippen molar-refractivity contribution in [3.05, 3.63) is 204 Å². The molecule has 0 saturated carbocycles. The third kappa shape index (κ3) is 5.08. The fourth-order valence-corrected chi connectivity index (χ4v) is 14.3. The zero-order chi connectivity index (χ0) is 42.1. The van der Waals surface area contributed by atoms with Crippen LogP contribution in [0.25, 0.3) is 96.4 Å². The highest BCUT2D eigenvalue weighted by molar-refractivity contribution is 7.99. The summed E-state index contributed by atoms with van der Waals surface area (Å²) in [5.41, 5.74) is 10.2. The Hall–Kier alpha value is -7.16. The van der Waals surface area contributed by atoms with Gasteiger partial charge in [-0.2, -0.15) is 0 Å². The summed E-state index contributed by atoms with van der Waals surface area (Å²) >= 11 is 5.54. The molecule has 0 amide bonds. The van der Waals surface area contributed by atoms with Crippen molar-refractivity contribution >= 4 is 85.6 Å². The lowest BCUT2D eigenvalue weighted by Gasteiger charge is -2.39. The van der Waals surface area contributed by atoms with Crippen LogP contribution >= 0.6 is 34.4 Å². The highest BCUT2D eigenvalue weighted by Crippen LogP contribution is 2.62. The molecule has 4 nitrogen and oxygen atoms in total. The van der Waals surface area contributed by atoms with Gasteiger partial charge in [0, 0.05) is 61.4 Å². The summed E-state index contributed by atoms with van der Waals surface area (Å²) in [5.74, 6) is 2.78. The number of benzene rings is 9. The molecule has 3 aromatic heterocycles. The summed E-state index contributed by atoms with van der Waals surface area (Å²) < 4.78 is 10.8. The number of hydrogen-bond donors (Lipinski definition) is 0. The number of aromatic nitrogens is 3. The van der Waals surface area contributed by atoms with Crippen LogP contribution in [0, 0.1) is 0 Å². The van der Waals surface area contributed by atoms with Crippen LogP contribution in [-0.4, -0.2) is 22.1 Å². The maximum Gasteiger partial charge on any atom is 0.164 e. The van der Waals surface area contributed by atoms with Gasteiger partial charge in [0.25, 0.3) is 0 Å². The molecule has 14 rings (SSSR count). The van der Waals surface area contributed by atoms with Crippen molar-refractivity contribution in [1.29, 1.82) is 0 Å². The minimum Gasteiger partial charge on any atom is -0.497 e. The van der Waals surface area contributed by atoms with Crippen LogP contribution in [0.3, 0.4) is 0 Å². The number of ether oxygens (including phenoxy) is 1. The summed E-state index contributed by atoms with van der Waals surface area (Å²) in [4.78, 5) is 18.3. The van der Waals surface area contributed by atoms with Crippen molar-refractivity contribution in [2.45, 2.75) is 15.2 Å². The highest BCUT2D eigenvalue weighted by Gasteiger charge is 2.50. The maximum absolute atomic E-state index is 5.76. The normalized spacial score (nSPS) is 13.5. The fourth-order valence-electron chi connectivity index (χ4n) is 10.5. The minimum atomic E-state index is -0.448. The van der Waals surface area contributed by atoms with Gasteiger partial charge in [-0.05, 0) is 92.0 Å². The van der Waals surface area contributed by atoms with Crippen LogP contribution < -0.4 is 4.74 Å². The first-order chi connectivity index (χ1) is 31.6. The van der Waals surface area contributed by atoms with Gasteiger partial charge in [-0.15, -0.1) is 22.7 Å². The molecule has 0 N–H and O–H groups in total. The monoisotopic (exact) mass is 871 g/mol. The molecule has 0 saturated heterocycles. The lowest BCUT2D eigenvalue weighted by molar-refractivity contribution is 0.415. The van der Waals surface area contributed by atoms with Gasteiger partial charge in [0.1, 0.15) is 5.75 Å². The molecule has 2 aliphatic rings. The average molecular weight is 872 g/mol. The van der Waals surface area contributed by atoms with Crippen molar-refractivity contribution in [1.82, 2.24) is 15.0 Å². The Morgan fingerprint density at radius 2 is 1.09 bits per heavy atom. The number of rotatable bonds is 4. The second-order valence-corrected chi connectivity index (χ2v) is 19.8. The Balaban J connectivity index is 0.989. The Kier molecular flexibility index (Phi) is 7.76. The third-order valence-corrected chi connectivity index (χ3v) is 16.7. The molecule has 9 aromatic carbocycles. The molecular weight excluding hydrogens is 839 g/mol. The predicted molar refractivity (Wildman–Crippen MR) is 267 cm³/mol. The van der Waals surface area contributed by atoms with E-state index in [2.05, 4.69) is 164 Å². The van der Waals surface area contributed by atoms with Crippen LogP contribution in [0.2, 0.25) is 0 Å². The SMILES string of the molecule is COc1ccc2cc3sc4cccc5c6ccc(-c7nc(-c8ccccc8)nc(-c8ccc9c(c8)Sc8ccccc8C98c9ccccc9-c9ccccc98)n7)cc6sc(c2c1)c3c45. The summed E-state index contributed by atoms with van der Waals surface area (Å²) in [6.45, 7) is 0. The van der Waals surface area contributed by atoms with Crippen LogP contribution in [0.5, 0.6) is 5.75 Å². The van der Waals surface area contributed by atoms with Gasteiger partial charge in [-0.25, -0.2) is 15.0 Å². The molecule has 0 fully saturated rings. The van der Waals surface area contributed by atoms with Gasteiger partial charge in [-0.1, -0.05) is 151 Å². The van der Waals surface area contributed by atoms with E-state index in [0.29, 0.717) is 17.5 Å². The lowest BCUT2D eigenvalue weighted by Crippen LogP contribution is -2.31. The smallest absolute Gasteiger partial charge is 0.164 e. The maximum atomic E-state index is 5.76. The van der Waals surface area contributed by atoms with E-state index in [1.807, 2.05) is 52.6 Å². The molecule has 4 heterocycles. The predicted octanol–water partition coefficient (Wildman–Crippen LogP) is 15.6. The van der Waals surface area contributed by atoms with E-state index in [4.69, 9.17) is 19.7 Å². The summed E-state index contributed by atoms with van der Waals surface area (Å²) in [7, 11) is 1.74. The molecule has 7 heteroatoms. The number of methoxy groups -OCH3 is 1. The molecule has 300 valence electrons. The third-order valence-electron chi connectivity index (χ3n) is 13.3. The lowest BCUT2D eigenvalue weighted by atomic mass is 9.67. The van der Waals surface area contributed by atoms with Gasteiger partial charge >= 0.3 is 0 Å². The Morgan fingerprint density at radius 3 is 1.88 bits per heavy atom. The average Bonchev–Trinajstić information content (AvgIpc) is 3.82. The van der Waals surface area contributed by atoms with Crippen LogP contribution in [0.4, 0.5) is 0 Å². The van der Waals surface area contributed by atoms with Crippen molar-refractivity contribution < 1.29 is 4.74 Å². The number of nitrogens with zero attached hydrogens (tertiary/aromatic N) is 3. The van der Waals surface area contributed by atoms with Crippen molar-refractivity contribution in [2.75, 3.05) is 7.11 Å². The van der Waals surface area contributed by atoms with E-state index in [-0.39, 0.29) is 0 Å². The van der Waals surface area contributed by atoms with Gasteiger partial charge in [0.05, 0.1) is 12.5 Å². The second-order valence-electron chi connectivity index (χ2n) is 16.6. The van der Waals surface area contributed by atoms with Gasteiger partial charge in [-0.3, -0.25) is 0 Å². The van der Waals surface area contributed by atoms with E-state index in [1.54, 1.807) is 7.11 Å². The van der Waals surface area contributed by atoms with Crippen LogP contribution in [-0.2, 0) is 5.41 Å². The first-order valence-electron chi connectivity index (χ1n) is 21.4. The molecule has 64 heavy (non-hydrogen) atoms. The molecule has 1 spiro atoms. The van der Waals surface area contributed by atoms with E-state index in [0.717, 1.165) is 27.1 Å². The molecule has 12 aromatic rings. The quantitative estimate of drug-likeness (QED) is 0.176. The molecule has 0 unspecified atom stereocenters. The largest absolute Gasteiger partial charge is 0.497 e. The molecule has 0 radical (unpaired) electrons. The molecule has 0 bridgehead atoms. The standard InChI is InChI=1S/C57H33N3OS3/c1-61-36-25-22-33-28-50-52-51-40(16-11-21-47(51)63-50)39-26-23-34(29-48(39)64-53(52)41(33)31-36)55-58-54(32-12-3-2-4-13-32)59-56(60-55)35-24-27-45-49(30-35)62-46-20-10-9-19-44(46)57(45)42-17-7-5-14-37(42)38-15-6-8-18-43(38)57/h2-31H,1H3. The molecule has 1 aliphatic carbocycles. The van der Waals surface area contributed by atoms with E-state index in [9.17, 15) is 0 Å². The number of hydrogen-bond acceptors (Lipinski definition) is 7. The Labute approximate surface area is 380 Å². The molecule has 0 atom stereocenters. The van der Waals surface area contributed by atoms with E-state index < -0.39 is 5.41 Å². The molecule has 1 aliphatic heterocycles. The van der Waals surface area contributed by atoms with Crippen LogP contribution in [0.15, 0.2) is 192 Å². The second kappa shape index (κ2) is 13.7. The minimum absolute atomic E-state index is 0.448. The summed E-state index contributed by atoms with van der Waals surface area (Å²) in [6.07, 6.45) is 0. The van der Waals surface area contributed by atoms with Gasteiger partial charge in [0.15, 0.2) is 17.5 Å². The summed E-state index contributed by atoms with van der Waals surface area (Å²) in [5, 5.41) is 7.48. The van der Waals surface area contributed by atoms with Crippen molar-refractivity contribution in [2.24, 2.45) is 0 Å². The fraction of sp³-hybridized carbons (Fsp3) is 0.0351. The molecular formula is C57H33N3OS3. The Bertz CT molecular complexity index is 3900. The van der Waals surface area contributed by atoms with Crippen molar-refractivity contribution in [3.8, 4) is 51.0 Å². The van der Waals surface area contributed by atoms with E-state index in [1.165, 1.54) is 89.6 Å². The highest BCUT2D eigenvalue weighted by atomic mass is 32.2. The van der Waals surface area contributed by atoms with Crippen molar-refractivity contribution in [3.63, 3.8) is 0 Å². The summed E-state index contributed by atoms with van der Waals surface area (Å²) in [6, 6.07) is 66.1. The Morgan fingerprint density at radius 1 is 0.422 bits per heavy atom.